The molecule has 3 rings (SSSR count). The Morgan fingerprint density at radius 3 is 2.71 bits per heavy atom. The fourth-order valence-electron chi connectivity index (χ4n) is 3.08. The number of carboxylic acid groups (broad SMARTS) is 1. The number of phenolic OH excluding ortho intramolecular Hbond substituents is 1. The molecule has 0 spiro atoms. The van der Waals surface area contributed by atoms with E-state index in [4.69, 9.17) is 11.6 Å². The average Bonchev–Trinajstić information content (AvgIpc) is 2.69. The Hall–Kier alpha value is -3.12. The Bertz CT molecular complexity index is 1050. The van der Waals surface area contributed by atoms with Gasteiger partial charge in [-0.1, -0.05) is 30.7 Å². The second-order valence-electron chi connectivity index (χ2n) is 6.38. The second-order valence-corrected chi connectivity index (χ2v) is 6.78. The number of halogens is 1. The number of fused-ring (bicyclic) bond motifs is 1. The summed E-state index contributed by atoms with van der Waals surface area (Å²) in [7, 11) is 0. The fourth-order valence-corrected chi connectivity index (χ4v) is 3.35. The van der Waals surface area contributed by atoms with Crippen LogP contribution in [0.4, 0.5) is 0 Å². The van der Waals surface area contributed by atoms with Crippen LogP contribution in [0.1, 0.15) is 47.3 Å². The van der Waals surface area contributed by atoms with Crippen LogP contribution in [-0.2, 0) is 4.79 Å². The first-order chi connectivity index (χ1) is 13.4. The lowest BCUT2D eigenvalue weighted by Crippen LogP contribution is -2.29. The van der Waals surface area contributed by atoms with E-state index in [1.54, 1.807) is 30.3 Å². The Morgan fingerprint density at radius 1 is 1.21 bits per heavy atom. The largest absolute Gasteiger partial charge is 0.505 e. The highest BCUT2D eigenvalue weighted by atomic mass is 35.5. The lowest BCUT2D eigenvalue weighted by molar-refractivity contribution is -0.121. The number of carbonyl (C=O) groups excluding carboxylic acids is 1. The first-order valence-electron chi connectivity index (χ1n) is 8.81. The van der Waals surface area contributed by atoms with Crippen molar-refractivity contribution in [3.8, 4) is 5.75 Å². The maximum atomic E-state index is 12.3. The van der Waals surface area contributed by atoms with E-state index in [0.29, 0.717) is 39.9 Å². The molecule has 7 heteroatoms. The number of benzene rings is 2. The average molecular weight is 399 g/mol. The summed E-state index contributed by atoms with van der Waals surface area (Å²) in [6.07, 6.45) is 2.49. The van der Waals surface area contributed by atoms with Gasteiger partial charge in [-0.3, -0.25) is 9.78 Å². The Kier molecular flexibility index (Phi) is 5.80. The first kappa shape index (κ1) is 19.6. The number of carbonyl (C=O) groups is 2. The Morgan fingerprint density at radius 2 is 2.00 bits per heavy atom. The van der Waals surface area contributed by atoms with Gasteiger partial charge in [-0.25, -0.2) is 4.79 Å². The molecule has 3 aromatic rings. The normalized spacial score (nSPS) is 11.9. The van der Waals surface area contributed by atoms with Gasteiger partial charge in [0.15, 0.2) is 0 Å². The summed E-state index contributed by atoms with van der Waals surface area (Å²) >= 11 is 6.39. The van der Waals surface area contributed by atoms with Gasteiger partial charge in [-0.2, -0.15) is 0 Å². The summed E-state index contributed by atoms with van der Waals surface area (Å²) in [6.45, 7) is 1.88. The van der Waals surface area contributed by atoms with E-state index >= 15 is 0 Å². The number of aromatic hydroxyl groups is 1. The van der Waals surface area contributed by atoms with Crippen molar-refractivity contribution in [2.24, 2.45) is 0 Å². The monoisotopic (exact) mass is 398 g/mol. The second kappa shape index (κ2) is 8.27. The molecule has 1 atom stereocenters. The number of aromatic nitrogens is 1. The van der Waals surface area contributed by atoms with Gasteiger partial charge in [-0.15, -0.1) is 0 Å². The SMILES string of the molecule is CCCC(=O)NC(c1cccc(C(=O)O)c1)c1cc(Cl)c2cccnc2c1O. The molecule has 144 valence electrons. The number of nitrogens with one attached hydrogen (secondary N) is 1. The minimum absolute atomic E-state index is 0.0803. The fraction of sp³-hybridized carbons (Fsp3) is 0.190. The lowest BCUT2D eigenvalue weighted by atomic mass is 9.94. The van der Waals surface area contributed by atoms with Crippen LogP contribution in [0.3, 0.4) is 0 Å². The third-order valence-electron chi connectivity index (χ3n) is 4.41. The van der Waals surface area contributed by atoms with Crippen molar-refractivity contribution in [2.45, 2.75) is 25.8 Å². The molecule has 1 unspecified atom stereocenters. The number of phenols is 1. The topological polar surface area (TPSA) is 99.5 Å². The van der Waals surface area contributed by atoms with Crippen LogP contribution in [-0.4, -0.2) is 27.1 Å². The Labute approximate surface area is 166 Å². The summed E-state index contributed by atoms with van der Waals surface area (Å²) < 4.78 is 0. The van der Waals surface area contributed by atoms with Crippen molar-refractivity contribution in [3.63, 3.8) is 0 Å². The van der Waals surface area contributed by atoms with Crippen molar-refractivity contribution < 1.29 is 19.8 Å². The van der Waals surface area contributed by atoms with Crippen molar-refractivity contribution in [3.05, 3.63) is 70.4 Å². The van der Waals surface area contributed by atoms with Gasteiger partial charge in [0.1, 0.15) is 11.3 Å². The number of hydrogen-bond donors (Lipinski definition) is 3. The molecule has 3 N–H and O–H groups in total. The highest BCUT2D eigenvalue weighted by molar-refractivity contribution is 6.35. The molecule has 28 heavy (non-hydrogen) atoms. The summed E-state index contributed by atoms with van der Waals surface area (Å²) in [6, 6.07) is 10.5. The third-order valence-corrected chi connectivity index (χ3v) is 4.72. The van der Waals surface area contributed by atoms with Crippen LogP contribution in [0.5, 0.6) is 5.75 Å². The summed E-state index contributed by atoms with van der Waals surface area (Å²) in [4.78, 5) is 27.9. The van der Waals surface area contributed by atoms with Crippen molar-refractivity contribution in [2.75, 3.05) is 0 Å². The molecular formula is C21H19ClN2O4. The molecule has 0 aliphatic heterocycles. The molecule has 0 aliphatic rings. The zero-order chi connectivity index (χ0) is 20.3. The zero-order valence-corrected chi connectivity index (χ0v) is 15.9. The van der Waals surface area contributed by atoms with Crippen LogP contribution in [0, 0.1) is 0 Å². The predicted molar refractivity (Wildman–Crippen MR) is 107 cm³/mol. The van der Waals surface area contributed by atoms with Gasteiger partial charge in [0.2, 0.25) is 5.91 Å². The van der Waals surface area contributed by atoms with E-state index in [9.17, 15) is 19.8 Å². The molecule has 1 amide bonds. The van der Waals surface area contributed by atoms with E-state index in [1.165, 1.54) is 18.3 Å². The van der Waals surface area contributed by atoms with Gasteiger partial charge in [0.25, 0.3) is 0 Å². The van der Waals surface area contributed by atoms with Gasteiger partial charge in [0.05, 0.1) is 16.6 Å². The smallest absolute Gasteiger partial charge is 0.335 e. The van der Waals surface area contributed by atoms with E-state index in [2.05, 4.69) is 10.3 Å². The molecule has 2 aromatic carbocycles. The van der Waals surface area contributed by atoms with Crippen LogP contribution >= 0.6 is 11.6 Å². The summed E-state index contributed by atoms with van der Waals surface area (Å²) in [5, 5.41) is 24.0. The molecule has 1 heterocycles. The Balaban J connectivity index is 2.18. The minimum atomic E-state index is -1.08. The van der Waals surface area contributed by atoms with Gasteiger partial charge in [0, 0.05) is 23.6 Å². The summed E-state index contributed by atoms with van der Waals surface area (Å²) in [5.41, 5.74) is 1.26. The van der Waals surface area contributed by atoms with E-state index in [1.807, 2.05) is 6.92 Å². The number of hydrogen-bond acceptors (Lipinski definition) is 4. The molecule has 0 saturated carbocycles. The number of nitrogens with zero attached hydrogens (tertiary/aromatic N) is 1. The van der Waals surface area contributed by atoms with Crippen molar-refractivity contribution in [1.29, 1.82) is 0 Å². The number of rotatable bonds is 6. The molecule has 0 bridgehead atoms. The first-order valence-corrected chi connectivity index (χ1v) is 9.18. The number of amides is 1. The standard InChI is InChI=1S/C21H19ClN2O4/c1-2-5-17(25)24-18(12-6-3-7-13(10-12)21(27)28)15-11-16(22)14-8-4-9-23-19(14)20(15)26/h3-4,6-11,18,26H,2,5H2,1H3,(H,24,25)(H,27,28). The molecule has 0 fully saturated rings. The predicted octanol–water partition coefficient (Wildman–Crippen LogP) is 4.30. The third kappa shape index (κ3) is 3.92. The number of pyridine rings is 1. The van der Waals surface area contributed by atoms with Gasteiger partial charge < -0.3 is 15.5 Å². The zero-order valence-electron chi connectivity index (χ0n) is 15.1. The lowest BCUT2D eigenvalue weighted by Gasteiger charge is -2.22. The highest BCUT2D eigenvalue weighted by Crippen LogP contribution is 2.38. The number of aromatic carboxylic acids is 1. The molecular weight excluding hydrogens is 380 g/mol. The molecule has 1 aromatic heterocycles. The van der Waals surface area contributed by atoms with Crippen molar-refractivity contribution >= 4 is 34.4 Å². The maximum Gasteiger partial charge on any atom is 0.335 e. The minimum Gasteiger partial charge on any atom is -0.505 e. The molecule has 0 radical (unpaired) electrons. The number of carboxylic acids is 1. The van der Waals surface area contributed by atoms with Crippen LogP contribution < -0.4 is 5.32 Å². The van der Waals surface area contributed by atoms with E-state index < -0.39 is 12.0 Å². The van der Waals surface area contributed by atoms with E-state index in [-0.39, 0.29) is 17.2 Å². The maximum absolute atomic E-state index is 12.3. The van der Waals surface area contributed by atoms with Gasteiger partial charge >= 0.3 is 5.97 Å². The van der Waals surface area contributed by atoms with E-state index in [0.717, 1.165) is 0 Å². The molecule has 0 aliphatic carbocycles. The quantitative estimate of drug-likeness (QED) is 0.575. The highest BCUT2D eigenvalue weighted by Gasteiger charge is 2.24. The van der Waals surface area contributed by atoms with Crippen molar-refractivity contribution in [1.82, 2.24) is 10.3 Å². The van der Waals surface area contributed by atoms with Crippen LogP contribution in [0.25, 0.3) is 10.9 Å². The van der Waals surface area contributed by atoms with Crippen LogP contribution in [0.15, 0.2) is 48.7 Å². The van der Waals surface area contributed by atoms with Gasteiger partial charge in [-0.05, 0) is 42.3 Å². The molecule has 0 saturated heterocycles. The van der Waals surface area contributed by atoms with Crippen LogP contribution in [0.2, 0.25) is 5.02 Å². The molecule has 6 nitrogen and oxygen atoms in total. The summed E-state index contributed by atoms with van der Waals surface area (Å²) in [5.74, 6) is -1.41.